The number of anilines is 1. The van der Waals surface area contributed by atoms with Gasteiger partial charge in [0.25, 0.3) is 5.69 Å². The quantitative estimate of drug-likeness (QED) is 0.656. The van der Waals surface area contributed by atoms with Gasteiger partial charge in [-0.3, -0.25) is 10.1 Å². The molecule has 21 heavy (non-hydrogen) atoms. The molecule has 3 rings (SSSR count). The van der Waals surface area contributed by atoms with Crippen LogP contribution in [0, 0.1) is 16.0 Å². The molecule has 0 atom stereocenters. The largest absolute Gasteiger partial charge is 0.386 e. The fraction of sp³-hybridized carbons (Fsp3) is 0.538. The van der Waals surface area contributed by atoms with Gasteiger partial charge in [-0.25, -0.2) is 8.42 Å². The molecule has 114 valence electrons. The Morgan fingerprint density at radius 3 is 2.48 bits per heavy atom. The molecule has 1 N–H and O–H groups in total. The minimum absolute atomic E-state index is 0.0732. The van der Waals surface area contributed by atoms with Gasteiger partial charge in [0.15, 0.2) is 9.84 Å². The van der Waals surface area contributed by atoms with Gasteiger partial charge >= 0.3 is 0 Å². The highest BCUT2D eigenvalue weighted by molar-refractivity contribution is 7.90. The zero-order valence-electron chi connectivity index (χ0n) is 11.5. The third-order valence-corrected chi connectivity index (χ3v) is 5.29. The van der Waals surface area contributed by atoms with E-state index in [1.54, 1.807) is 4.90 Å². The number of nitro groups is 1. The van der Waals surface area contributed by atoms with Crippen molar-refractivity contribution in [3.63, 3.8) is 0 Å². The Kier molecular flexibility index (Phi) is 3.00. The first kappa shape index (κ1) is 14.3. The molecule has 8 heteroatoms. The molecule has 1 saturated carbocycles. The molecular weight excluding hydrogens is 296 g/mol. The molecule has 2 aliphatic rings. The lowest BCUT2D eigenvalue weighted by Crippen LogP contribution is -2.63. The summed E-state index contributed by atoms with van der Waals surface area (Å²) in [5, 5.41) is 21.5. The topological polar surface area (TPSA) is 101 Å². The number of benzene rings is 1. The fourth-order valence-electron chi connectivity index (χ4n) is 2.81. The average molecular weight is 312 g/mol. The highest BCUT2D eigenvalue weighted by Crippen LogP contribution is 2.47. The van der Waals surface area contributed by atoms with E-state index in [2.05, 4.69) is 0 Å². The maximum Gasteiger partial charge on any atom is 0.293 e. The summed E-state index contributed by atoms with van der Waals surface area (Å²) in [5.74, 6) is 0.295. The molecule has 1 aromatic carbocycles. The molecule has 0 unspecified atom stereocenters. The highest BCUT2D eigenvalue weighted by Gasteiger charge is 2.52. The van der Waals surface area contributed by atoms with Crippen LogP contribution in [0.4, 0.5) is 11.4 Å². The van der Waals surface area contributed by atoms with E-state index in [0.29, 0.717) is 24.7 Å². The van der Waals surface area contributed by atoms with E-state index in [1.807, 2.05) is 0 Å². The van der Waals surface area contributed by atoms with E-state index >= 15 is 0 Å². The lowest BCUT2D eigenvalue weighted by atomic mass is 9.88. The van der Waals surface area contributed by atoms with Crippen LogP contribution in [-0.4, -0.2) is 43.4 Å². The predicted molar refractivity (Wildman–Crippen MR) is 76.1 cm³/mol. The zero-order chi connectivity index (χ0) is 15.4. The van der Waals surface area contributed by atoms with E-state index in [9.17, 15) is 23.6 Å². The van der Waals surface area contributed by atoms with Crippen LogP contribution >= 0.6 is 0 Å². The van der Waals surface area contributed by atoms with Crippen molar-refractivity contribution in [3.8, 4) is 0 Å². The molecule has 1 heterocycles. The van der Waals surface area contributed by atoms with Crippen LogP contribution in [0.5, 0.6) is 0 Å². The number of aliphatic hydroxyl groups is 1. The Bertz CT molecular complexity index is 705. The van der Waals surface area contributed by atoms with Crippen LogP contribution < -0.4 is 4.90 Å². The summed E-state index contributed by atoms with van der Waals surface area (Å²) in [6, 6.07) is 3.90. The standard InChI is InChI=1S/C13H16N2O5S/c1-21(19,20)10-4-5-11(12(6-10)15(17)18)14-7-13(16,8-14)9-2-3-9/h4-6,9,16H,2-3,7-8H2,1H3. The molecule has 1 saturated heterocycles. The van der Waals surface area contributed by atoms with Gasteiger partial charge < -0.3 is 10.0 Å². The minimum atomic E-state index is -3.49. The molecular formula is C13H16N2O5S. The molecule has 0 radical (unpaired) electrons. The molecule has 0 bridgehead atoms. The van der Waals surface area contributed by atoms with Gasteiger partial charge in [0.2, 0.25) is 0 Å². The number of hydrogen-bond acceptors (Lipinski definition) is 6. The van der Waals surface area contributed by atoms with Crippen LogP contribution in [0.2, 0.25) is 0 Å². The van der Waals surface area contributed by atoms with Crippen molar-refractivity contribution in [2.45, 2.75) is 23.3 Å². The normalized spacial score (nSPS) is 21.0. The Hall–Kier alpha value is -1.67. The van der Waals surface area contributed by atoms with Crippen molar-refractivity contribution in [2.75, 3.05) is 24.2 Å². The number of rotatable bonds is 4. The van der Waals surface area contributed by atoms with Crippen molar-refractivity contribution >= 4 is 21.2 Å². The van der Waals surface area contributed by atoms with E-state index in [0.717, 1.165) is 25.2 Å². The van der Waals surface area contributed by atoms with Crippen LogP contribution in [0.1, 0.15) is 12.8 Å². The summed E-state index contributed by atoms with van der Waals surface area (Å²) in [4.78, 5) is 12.2. The van der Waals surface area contributed by atoms with Crippen molar-refractivity contribution in [2.24, 2.45) is 5.92 Å². The second kappa shape index (κ2) is 4.41. The Morgan fingerprint density at radius 2 is 2.00 bits per heavy atom. The first-order valence-corrected chi connectivity index (χ1v) is 8.56. The summed E-state index contributed by atoms with van der Waals surface area (Å²) in [6.07, 6.45) is 3.01. The molecule has 0 amide bonds. The fourth-order valence-corrected chi connectivity index (χ4v) is 3.45. The van der Waals surface area contributed by atoms with Crippen LogP contribution in [0.25, 0.3) is 0 Å². The highest BCUT2D eigenvalue weighted by atomic mass is 32.2. The van der Waals surface area contributed by atoms with Gasteiger partial charge in [0, 0.05) is 25.4 Å². The van der Waals surface area contributed by atoms with E-state index in [1.165, 1.54) is 12.1 Å². The molecule has 2 fully saturated rings. The minimum Gasteiger partial charge on any atom is -0.386 e. The SMILES string of the molecule is CS(=O)(=O)c1ccc(N2CC(O)(C3CC3)C2)c([N+](=O)[O-])c1. The van der Waals surface area contributed by atoms with Crippen LogP contribution in [0.3, 0.4) is 0 Å². The lowest BCUT2D eigenvalue weighted by molar-refractivity contribution is -0.384. The third kappa shape index (κ3) is 2.49. The molecule has 0 spiro atoms. The molecule has 1 aromatic rings. The molecule has 1 aliphatic carbocycles. The Labute approximate surface area is 122 Å². The Morgan fingerprint density at radius 1 is 1.38 bits per heavy atom. The summed E-state index contributed by atoms with van der Waals surface area (Å²) in [7, 11) is -3.49. The number of nitro benzene ring substituents is 1. The van der Waals surface area contributed by atoms with Crippen molar-refractivity contribution in [1.82, 2.24) is 0 Å². The smallest absolute Gasteiger partial charge is 0.293 e. The van der Waals surface area contributed by atoms with Gasteiger partial charge in [0.05, 0.1) is 9.82 Å². The summed E-state index contributed by atoms with van der Waals surface area (Å²) in [6.45, 7) is 0.716. The van der Waals surface area contributed by atoms with Crippen molar-refractivity contribution in [3.05, 3.63) is 28.3 Å². The summed E-state index contributed by atoms with van der Waals surface area (Å²) >= 11 is 0. The van der Waals surface area contributed by atoms with Gasteiger partial charge in [-0.2, -0.15) is 0 Å². The van der Waals surface area contributed by atoms with E-state index in [4.69, 9.17) is 0 Å². The van der Waals surface area contributed by atoms with Gasteiger partial charge in [0.1, 0.15) is 11.3 Å². The third-order valence-electron chi connectivity index (χ3n) is 4.18. The van der Waals surface area contributed by atoms with E-state index < -0.39 is 20.4 Å². The predicted octanol–water partition coefficient (Wildman–Crippen LogP) is 0.959. The molecule has 0 aromatic heterocycles. The van der Waals surface area contributed by atoms with Gasteiger partial charge in [-0.05, 0) is 30.9 Å². The van der Waals surface area contributed by atoms with E-state index in [-0.39, 0.29) is 10.6 Å². The Balaban J connectivity index is 1.91. The second-order valence-corrected chi connectivity index (χ2v) is 7.93. The van der Waals surface area contributed by atoms with Gasteiger partial charge in [-0.1, -0.05) is 0 Å². The summed E-state index contributed by atoms with van der Waals surface area (Å²) in [5.41, 5.74) is -0.628. The average Bonchev–Trinajstić information content (AvgIpc) is 3.17. The van der Waals surface area contributed by atoms with Crippen LogP contribution in [0.15, 0.2) is 23.1 Å². The molecule has 7 nitrogen and oxygen atoms in total. The molecule has 1 aliphatic heterocycles. The number of β-amino-alcohol motifs (C(OH)–C–C–N with tert-alkyl or cyclic N) is 1. The first-order chi connectivity index (χ1) is 9.71. The van der Waals surface area contributed by atoms with Gasteiger partial charge in [-0.15, -0.1) is 0 Å². The second-order valence-electron chi connectivity index (χ2n) is 5.91. The number of nitrogens with zero attached hydrogens (tertiary/aromatic N) is 2. The number of hydrogen-bond donors (Lipinski definition) is 1. The monoisotopic (exact) mass is 312 g/mol. The van der Waals surface area contributed by atoms with Crippen molar-refractivity contribution < 1.29 is 18.4 Å². The number of sulfone groups is 1. The summed E-state index contributed by atoms with van der Waals surface area (Å²) < 4.78 is 23.0. The maximum atomic E-state index is 11.5. The lowest BCUT2D eigenvalue weighted by Gasteiger charge is -2.48. The first-order valence-electron chi connectivity index (χ1n) is 6.66. The van der Waals surface area contributed by atoms with Crippen molar-refractivity contribution in [1.29, 1.82) is 0 Å². The maximum absolute atomic E-state index is 11.5. The van der Waals surface area contributed by atoms with Crippen LogP contribution in [-0.2, 0) is 9.84 Å². The zero-order valence-corrected chi connectivity index (χ0v) is 12.3.